The molecule has 0 rings (SSSR count). The van der Waals surface area contributed by atoms with E-state index in [1.165, 1.54) is 0 Å². The maximum absolute atomic E-state index is 9.00. The van der Waals surface area contributed by atoms with Crippen LogP contribution in [-0.2, 0) is 0 Å². The molecule has 0 spiro atoms. The van der Waals surface area contributed by atoms with Gasteiger partial charge in [-0.3, -0.25) is 0 Å². The molecule has 0 aromatic carbocycles. The molecule has 0 aromatic rings. The van der Waals surface area contributed by atoms with Gasteiger partial charge in [-0.25, -0.2) is 0 Å². The van der Waals surface area contributed by atoms with Crippen LogP contribution in [0.25, 0.3) is 0 Å². The van der Waals surface area contributed by atoms with Gasteiger partial charge < -0.3 is 20.6 Å². The highest BCUT2D eigenvalue weighted by molar-refractivity contribution is 4.67. The first-order valence-electron chi connectivity index (χ1n) is 4.37. The first-order valence-corrected chi connectivity index (χ1v) is 4.37. The lowest BCUT2D eigenvalue weighted by molar-refractivity contribution is 0.0905. The van der Waals surface area contributed by atoms with Crippen molar-refractivity contribution < 1.29 is 15.3 Å². The second-order valence-corrected chi connectivity index (χ2v) is 2.86. The topological polar surface area (TPSA) is 72.7 Å². The van der Waals surface area contributed by atoms with Crippen LogP contribution in [0.3, 0.4) is 0 Å². The minimum Gasteiger partial charge on any atom is -0.396 e. The molecule has 0 heterocycles. The van der Waals surface area contributed by atoms with E-state index in [4.69, 9.17) is 15.3 Å². The molecule has 2 atom stereocenters. The fraction of sp³-hybridized carbons (Fsp3) is 1.00. The van der Waals surface area contributed by atoms with Gasteiger partial charge in [-0.2, -0.15) is 0 Å². The third-order valence-corrected chi connectivity index (χ3v) is 1.82. The summed E-state index contributed by atoms with van der Waals surface area (Å²) in [4.78, 5) is 0. The van der Waals surface area contributed by atoms with Gasteiger partial charge in [0.25, 0.3) is 0 Å². The molecule has 0 aliphatic carbocycles. The van der Waals surface area contributed by atoms with Crippen molar-refractivity contribution >= 4 is 0 Å². The summed E-state index contributed by atoms with van der Waals surface area (Å²) in [7, 11) is 0. The van der Waals surface area contributed by atoms with Crippen LogP contribution < -0.4 is 5.32 Å². The fourth-order valence-electron chi connectivity index (χ4n) is 0.974. The summed E-state index contributed by atoms with van der Waals surface area (Å²) >= 11 is 0. The molecule has 0 fully saturated rings. The van der Waals surface area contributed by atoms with Crippen molar-refractivity contribution in [3.8, 4) is 0 Å². The summed E-state index contributed by atoms with van der Waals surface area (Å²) in [6.07, 6.45) is 0.908. The fourth-order valence-corrected chi connectivity index (χ4v) is 0.974. The molecule has 74 valence electrons. The number of aliphatic hydroxyl groups excluding tert-OH is 3. The predicted octanol–water partition coefficient (Wildman–Crippen LogP) is -0.910. The van der Waals surface area contributed by atoms with E-state index in [9.17, 15) is 0 Å². The van der Waals surface area contributed by atoms with Crippen LogP contribution in [0.15, 0.2) is 0 Å². The molecule has 2 unspecified atom stereocenters. The SMILES string of the molecule is CCC(CCO)NCC(O)CO. The van der Waals surface area contributed by atoms with Crippen LogP contribution in [0.2, 0.25) is 0 Å². The summed E-state index contributed by atoms with van der Waals surface area (Å²) in [5.74, 6) is 0. The standard InChI is InChI=1S/C8H19NO3/c1-2-7(3-4-10)9-5-8(12)6-11/h7-12H,2-6H2,1H3. The molecule has 0 amide bonds. The monoisotopic (exact) mass is 177 g/mol. The van der Waals surface area contributed by atoms with E-state index >= 15 is 0 Å². The van der Waals surface area contributed by atoms with Gasteiger partial charge in [0, 0.05) is 19.2 Å². The normalized spacial score (nSPS) is 16.0. The maximum atomic E-state index is 9.00. The van der Waals surface area contributed by atoms with Gasteiger partial charge in [0.15, 0.2) is 0 Å². The van der Waals surface area contributed by atoms with Crippen LogP contribution in [0, 0.1) is 0 Å². The van der Waals surface area contributed by atoms with Gasteiger partial charge in [-0.15, -0.1) is 0 Å². The van der Waals surface area contributed by atoms with E-state index in [1.807, 2.05) is 6.92 Å². The number of rotatable bonds is 7. The zero-order valence-corrected chi connectivity index (χ0v) is 7.53. The molecule has 0 radical (unpaired) electrons. The van der Waals surface area contributed by atoms with Gasteiger partial charge in [0.2, 0.25) is 0 Å². The summed E-state index contributed by atoms with van der Waals surface area (Å²) in [6, 6.07) is 0.233. The van der Waals surface area contributed by atoms with Crippen LogP contribution >= 0.6 is 0 Å². The Bertz CT molecular complexity index is 100. The van der Waals surface area contributed by atoms with E-state index in [-0.39, 0.29) is 19.3 Å². The Kier molecular flexibility index (Phi) is 7.39. The van der Waals surface area contributed by atoms with Crippen LogP contribution in [-0.4, -0.2) is 47.2 Å². The summed E-state index contributed by atoms with van der Waals surface area (Å²) in [5, 5.41) is 29.2. The molecule has 4 nitrogen and oxygen atoms in total. The van der Waals surface area contributed by atoms with E-state index < -0.39 is 6.10 Å². The molecule has 12 heavy (non-hydrogen) atoms. The zero-order valence-electron chi connectivity index (χ0n) is 7.53. The average molecular weight is 177 g/mol. The lowest BCUT2D eigenvalue weighted by Crippen LogP contribution is -2.37. The first kappa shape index (κ1) is 11.8. The lowest BCUT2D eigenvalue weighted by Gasteiger charge is -2.17. The van der Waals surface area contributed by atoms with Crippen molar-refractivity contribution in [2.24, 2.45) is 0 Å². The minimum atomic E-state index is -0.697. The van der Waals surface area contributed by atoms with Crippen LogP contribution in [0.5, 0.6) is 0 Å². The van der Waals surface area contributed by atoms with E-state index in [2.05, 4.69) is 5.32 Å². The number of hydrogen-bond acceptors (Lipinski definition) is 4. The van der Waals surface area contributed by atoms with E-state index in [0.717, 1.165) is 6.42 Å². The number of hydrogen-bond donors (Lipinski definition) is 4. The number of aliphatic hydroxyl groups is 3. The highest BCUT2D eigenvalue weighted by atomic mass is 16.3. The highest BCUT2D eigenvalue weighted by Crippen LogP contribution is 1.96. The van der Waals surface area contributed by atoms with E-state index in [1.54, 1.807) is 0 Å². The third kappa shape index (κ3) is 5.49. The summed E-state index contributed by atoms with van der Waals surface area (Å²) in [6.45, 7) is 2.33. The van der Waals surface area contributed by atoms with Crippen molar-refractivity contribution in [1.29, 1.82) is 0 Å². The Labute approximate surface area is 73.2 Å². The zero-order chi connectivity index (χ0) is 9.40. The van der Waals surface area contributed by atoms with Crippen molar-refractivity contribution in [3.63, 3.8) is 0 Å². The van der Waals surface area contributed by atoms with Gasteiger partial charge in [0.1, 0.15) is 0 Å². The van der Waals surface area contributed by atoms with Crippen molar-refractivity contribution in [2.45, 2.75) is 31.9 Å². The maximum Gasteiger partial charge on any atom is 0.0895 e. The van der Waals surface area contributed by atoms with Crippen molar-refractivity contribution in [2.75, 3.05) is 19.8 Å². The Morgan fingerprint density at radius 1 is 1.33 bits per heavy atom. The average Bonchev–Trinajstić information content (AvgIpc) is 2.11. The van der Waals surface area contributed by atoms with Gasteiger partial charge in [0.05, 0.1) is 12.7 Å². The lowest BCUT2D eigenvalue weighted by atomic mass is 10.1. The van der Waals surface area contributed by atoms with Gasteiger partial charge in [-0.1, -0.05) is 6.92 Å². The minimum absolute atomic E-state index is 0.153. The summed E-state index contributed by atoms with van der Waals surface area (Å²) < 4.78 is 0. The highest BCUT2D eigenvalue weighted by Gasteiger charge is 2.07. The predicted molar refractivity (Wildman–Crippen MR) is 46.9 cm³/mol. The smallest absolute Gasteiger partial charge is 0.0895 e. The van der Waals surface area contributed by atoms with Crippen molar-refractivity contribution in [1.82, 2.24) is 5.32 Å². The van der Waals surface area contributed by atoms with Gasteiger partial charge in [-0.05, 0) is 12.8 Å². The van der Waals surface area contributed by atoms with Gasteiger partial charge >= 0.3 is 0 Å². The Morgan fingerprint density at radius 2 is 2.00 bits per heavy atom. The van der Waals surface area contributed by atoms with E-state index in [0.29, 0.717) is 13.0 Å². The second-order valence-electron chi connectivity index (χ2n) is 2.86. The molecule has 0 bridgehead atoms. The largest absolute Gasteiger partial charge is 0.396 e. The molecular weight excluding hydrogens is 158 g/mol. The molecule has 0 saturated carbocycles. The molecule has 4 N–H and O–H groups in total. The first-order chi connectivity index (χ1) is 5.74. The molecule has 0 aliphatic rings. The molecule has 0 aliphatic heterocycles. The van der Waals surface area contributed by atoms with Crippen LogP contribution in [0.1, 0.15) is 19.8 Å². The third-order valence-electron chi connectivity index (χ3n) is 1.82. The Balaban J connectivity index is 3.43. The van der Waals surface area contributed by atoms with Crippen LogP contribution in [0.4, 0.5) is 0 Å². The van der Waals surface area contributed by atoms with Crippen molar-refractivity contribution in [3.05, 3.63) is 0 Å². The summed E-state index contributed by atoms with van der Waals surface area (Å²) in [5.41, 5.74) is 0. The molecule has 0 saturated heterocycles. The second kappa shape index (κ2) is 7.49. The molecule has 4 heteroatoms. The molecule has 0 aromatic heterocycles. The quantitative estimate of drug-likeness (QED) is 0.406. The molecular formula is C8H19NO3. The number of nitrogens with one attached hydrogen (secondary N) is 1. The Hall–Kier alpha value is -0.160. The Morgan fingerprint density at radius 3 is 2.42 bits per heavy atom.